The fraction of sp³-hybridized carbons (Fsp3) is 0.462. The molecule has 2 saturated heterocycles. The smallest absolute Gasteiger partial charge is 0.309 e. The zero-order valence-electron chi connectivity index (χ0n) is 9.53. The number of alkyl halides is 1. The first-order valence-corrected chi connectivity index (χ1v) is 6.32. The Bertz CT molecular complexity index is 450. The van der Waals surface area contributed by atoms with E-state index in [2.05, 4.69) is 0 Å². The van der Waals surface area contributed by atoms with Crippen LogP contribution in [-0.4, -0.2) is 35.5 Å². The quantitative estimate of drug-likeness (QED) is 0.651. The van der Waals surface area contributed by atoms with Gasteiger partial charge in [0.1, 0.15) is 18.3 Å². The number of hydrogen-bond acceptors (Lipinski definition) is 4. The van der Waals surface area contributed by atoms with Gasteiger partial charge in [0, 0.05) is 0 Å². The summed E-state index contributed by atoms with van der Waals surface area (Å²) in [5.41, 5.74) is 0.884. The van der Waals surface area contributed by atoms with E-state index in [-0.39, 0.29) is 18.5 Å². The van der Waals surface area contributed by atoms with E-state index in [4.69, 9.17) is 21.1 Å². The summed E-state index contributed by atoms with van der Waals surface area (Å²) in [6, 6.07) is 9.43. The average molecular weight is 269 g/mol. The molecule has 0 unspecified atom stereocenters. The number of halogens is 1. The third kappa shape index (κ3) is 1.90. The first-order chi connectivity index (χ1) is 8.66. The molecule has 1 aromatic rings. The predicted molar refractivity (Wildman–Crippen MR) is 64.2 cm³/mol. The molecule has 1 N–H and O–H groups in total. The maximum absolute atomic E-state index is 11.1. The Kier molecular flexibility index (Phi) is 3.01. The zero-order valence-corrected chi connectivity index (χ0v) is 10.3. The monoisotopic (exact) mass is 268 g/mol. The number of carbonyl (C=O) groups is 1. The van der Waals surface area contributed by atoms with Crippen molar-refractivity contribution in [2.75, 3.05) is 0 Å². The van der Waals surface area contributed by atoms with Crippen molar-refractivity contribution < 1.29 is 19.4 Å². The van der Waals surface area contributed by atoms with Gasteiger partial charge in [-0.15, -0.1) is 11.6 Å². The fourth-order valence-corrected chi connectivity index (χ4v) is 2.86. The van der Waals surface area contributed by atoms with Crippen LogP contribution in [0.25, 0.3) is 0 Å². The summed E-state index contributed by atoms with van der Waals surface area (Å²) in [5.74, 6) is -0.326. The highest BCUT2D eigenvalue weighted by Gasteiger charge is 2.53. The van der Waals surface area contributed by atoms with Crippen LogP contribution >= 0.6 is 11.6 Å². The van der Waals surface area contributed by atoms with Crippen LogP contribution in [0.5, 0.6) is 0 Å². The Labute approximate surface area is 109 Å². The van der Waals surface area contributed by atoms with Crippen LogP contribution in [-0.2, 0) is 14.3 Å². The Morgan fingerprint density at radius 2 is 2.06 bits per heavy atom. The van der Waals surface area contributed by atoms with Crippen LogP contribution in [0.4, 0.5) is 0 Å². The normalized spacial score (nSPS) is 36.2. The number of benzene rings is 1. The zero-order chi connectivity index (χ0) is 12.7. The predicted octanol–water partition coefficient (Wildman–Crippen LogP) is 1.41. The van der Waals surface area contributed by atoms with E-state index in [0.29, 0.717) is 0 Å². The van der Waals surface area contributed by atoms with Gasteiger partial charge < -0.3 is 14.6 Å². The molecule has 2 aliphatic rings. The van der Waals surface area contributed by atoms with Crippen LogP contribution in [0, 0.1) is 0 Å². The van der Waals surface area contributed by atoms with E-state index in [1.165, 1.54) is 0 Å². The molecule has 1 aromatic carbocycles. The number of ether oxygens (including phenoxy) is 2. The summed E-state index contributed by atoms with van der Waals surface area (Å²) < 4.78 is 10.7. The van der Waals surface area contributed by atoms with Crippen molar-refractivity contribution in [3.63, 3.8) is 0 Å². The van der Waals surface area contributed by atoms with Gasteiger partial charge >= 0.3 is 5.97 Å². The van der Waals surface area contributed by atoms with Crippen molar-refractivity contribution in [1.82, 2.24) is 0 Å². The second-order valence-corrected chi connectivity index (χ2v) is 5.07. The highest BCUT2D eigenvalue weighted by molar-refractivity contribution is 6.21. The summed E-state index contributed by atoms with van der Waals surface area (Å²) >= 11 is 6.33. The first kappa shape index (κ1) is 12.0. The molecular formula is C13H13ClO4. The number of aliphatic hydroxyl groups is 1. The van der Waals surface area contributed by atoms with Crippen molar-refractivity contribution in [2.45, 2.75) is 36.2 Å². The number of fused-ring (bicyclic) bond motifs is 1. The molecule has 2 fully saturated rings. The number of hydrogen-bond donors (Lipinski definition) is 1. The molecule has 0 bridgehead atoms. The molecule has 0 aliphatic carbocycles. The molecule has 5 atom stereocenters. The summed E-state index contributed by atoms with van der Waals surface area (Å²) in [5, 5.41) is 9.67. The molecule has 4 nitrogen and oxygen atoms in total. The molecule has 2 aliphatic heterocycles. The van der Waals surface area contributed by atoms with Crippen LogP contribution in [0.2, 0.25) is 0 Å². The van der Waals surface area contributed by atoms with Crippen LogP contribution in [0.3, 0.4) is 0 Å². The van der Waals surface area contributed by atoms with Gasteiger partial charge in [-0.1, -0.05) is 30.3 Å². The van der Waals surface area contributed by atoms with Crippen LogP contribution < -0.4 is 0 Å². The Balaban J connectivity index is 1.77. The molecule has 18 heavy (non-hydrogen) atoms. The molecular weight excluding hydrogens is 256 g/mol. The van der Waals surface area contributed by atoms with Gasteiger partial charge in [-0.2, -0.15) is 0 Å². The van der Waals surface area contributed by atoms with E-state index in [1.54, 1.807) is 0 Å². The standard InChI is InChI=1S/C13H13ClO4/c14-10(7-4-2-1-3-5-7)13-11(16)12-8(17-13)6-9(15)18-12/h1-5,8,10-13,16H,6H2/t8-,10-,11-,12+,13+/m1/s1. The SMILES string of the molecule is O=C1C[C@H]2O[C@@H]([C@H](Cl)c3ccccc3)[C@H](O)[C@H]2O1. The molecule has 5 heteroatoms. The summed E-state index contributed by atoms with van der Waals surface area (Å²) in [6.45, 7) is 0. The minimum atomic E-state index is -0.871. The van der Waals surface area contributed by atoms with Gasteiger partial charge in [-0.25, -0.2) is 0 Å². The molecule has 0 saturated carbocycles. The second-order valence-electron chi connectivity index (χ2n) is 4.60. The van der Waals surface area contributed by atoms with Gasteiger partial charge in [0.25, 0.3) is 0 Å². The van der Waals surface area contributed by atoms with E-state index >= 15 is 0 Å². The second kappa shape index (κ2) is 4.53. The van der Waals surface area contributed by atoms with Crippen LogP contribution in [0.15, 0.2) is 30.3 Å². The molecule has 0 spiro atoms. The van der Waals surface area contributed by atoms with Gasteiger partial charge in [-0.3, -0.25) is 4.79 Å². The summed E-state index contributed by atoms with van der Waals surface area (Å²) in [4.78, 5) is 11.1. The summed E-state index contributed by atoms with van der Waals surface area (Å²) in [7, 11) is 0. The number of carbonyl (C=O) groups excluding carboxylic acids is 1. The first-order valence-electron chi connectivity index (χ1n) is 5.89. The Morgan fingerprint density at radius 1 is 1.33 bits per heavy atom. The lowest BCUT2D eigenvalue weighted by molar-refractivity contribution is -0.145. The van der Waals surface area contributed by atoms with Gasteiger partial charge in [0.05, 0.1) is 11.8 Å². The maximum Gasteiger partial charge on any atom is 0.309 e. The van der Waals surface area contributed by atoms with Crippen molar-refractivity contribution in [1.29, 1.82) is 0 Å². The highest BCUT2D eigenvalue weighted by atomic mass is 35.5. The average Bonchev–Trinajstić information content (AvgIpc) is 2.88. The molecule has 0 aromatic heterocycles. The topological polar surface area (TPSA) is 55.8 Å². The van der Waals surface area contributed by atoms with E-state index < -0.39 is 23.7 Å². The maximum atomic E-state index is 11.1. The van der Waals surface area contributed by atoms with Crippen molar-refractivity contribution in [3.8, 4) is 0 Å². The minimum absolute atomic E-state index is 0.191. The molecule has 0 radical (unpaired) electrons. The van der Waals surface area contributed by atoms with Crippen molar-refractivity contribution >= 4 is 17.6 Å². The fourth-order valence-electron chi connectivity index (χ4n) is 2.51. The van der Waals surface area contributed by atoms with E-state index in [0.717, 1.165) is 5.56 Å². The minimum Gasteiger partial charge on any atom is -0.457 e. The van der Waals surface area contributed by atoms with Crippen molar-refractivity contribution in [2.24, 2.45) is 0 Å². The van der Waals surface area contributed by atoms with Crippen molar-refractivity contribution in [3.05, 3.63) is 35.9 Å². The highest BCUT2D eigenvalue weighted by Crippen LogP contribution is 2.39. The lowest BCUT2D eigenvalue weighted by atomic mass is 10.0. The molecule has 3 rings (SSSR count). The Morgan fingerprint density at radius 3 is 2.72 bits per heavy atom. The van der Waals surface area contributed by atoms with Crippen LogP contribution in [0.1, 0.15) is 17.4 Å². The molecule has 2 heterocycles. The lowest BCUT2D eigenvalue weighted by Crippen LogP contribution is -2.34. The Hall–Kier alpha value is -1.10. The van der Waals surface area contributed by atoms with Gasteiger partial charge in [-0.05, 0) is 5.56 Å². The van der Waals surface area contributed by atoms with E-state index in [1.807, 2.05) is 30.3 Å². The summed E-state index contributed by atoms with van der Waals surface area (Å²) in [6.07, 6.45) is -2.17. The largest absolute Gasteiger partial charge is 0.457 e. The number of aliphatic hydroxyl groups excluding tert-OH is 1. The molecule has 96 valence electrons. The number of esters is 1. The lowest BCUT2D eigenvalue weighted by Gasteiger charge is -2.21. The number of rotatable bonds is 2. The third-order valence-electron chi connectivity index (χ3n) is 3.41. The third-order valence-corrected chi connectivity index (χ3v) is 3.91. The van der Waals surface area contributed by atoms with Gasteiger partial charge in [0.15, 0.2) is 6.10 Å². The molecule has 0 amide bonds. The van der Waals surface area contributed by atoms with Gasteiger partial charge in [0.2, 0.25) is 0 Å². The van der Waals surface area contributed by atoms with E-state index in [9.17, 15) is 9.90 Å².